The summed E-state index contributed by atoms with van der Waals surface area (Å²) in [7, 11) is 0. The van der Waals surface area contributed by atoms with Gasteiger partial charge in [0.25, 0.3) is 0 Å². The van der Waals surface area contributed by atoms with Crippen LogP contribution in [0.3, 0.4) is 0 Å². The SMILES string of the molecule is CC1(C)C(C(=O)[O-])C1C(Br)C(Br)(Br)Br.[Na+]. The molecule has 0 bridgehead atoms. The number of carboxylic acids is 1. The molecule has 3 atom stereocenters. The van der Waals surface area contributed by atoms with Crippen molar-refractivity contribution in [2.75, 3.05) is 0 Å². The Morgan fingerprint density at radius 2 is 1.80 bits per heavy atom. The first-order chi connectivity index (χ1) is 6.10. The van der Waals surface area contributed by atoms with Crippen molar-refractivity contribution in [3.05, 3.63) is 0 Å². The largest absolute Gasteiger partial charge is 1.00 e. The second kappa shape index (κ2) is 5.57. The smallest absolute Gasteiger partial charge is 0.550 e. The van der Waals surface area contributed by atoms with E-state index < -0.39 is 8.11 Å². The summed E-state index contributed by atoms with van der Waals surface area (Å²) in [6.45, 7) is 3.87. The van der Waals surface area contributed by atoms with Crippen molar-refractivity contribution in [2.24, 2.45) is 17.3 Å². The molecule has 82 valence electrons. The molecule has 1 rings (SSSR count). The minimum Gasteiger partial charge on any atom is -0.550 e. The van der Waals surface area contributed by atoms with E-state index in [0.717, 1.165) is 0 Å². The number of aliphatic carboxylic acids is 1. The van der Waals surface area contributed by atoms with E-state index in [-0.39, 0.29) is 51.6 Å². The van der Waals surface area contributed by atoms with Gasteiger partial charge in [-0.25, -0.2) is 0 Å². The summed E-state index contributed by atoms with van der Waals surface area (Å²) >= 11 is 13.6. The van der Waals surface area contributed by atoms with E-state index in [1.54, 1.807) is 0 Å². The maximum atomic E-state index is 10.8. The van der Waals surface area contributed by atoms with Crippen LogP contribution in [0.2, 0.25) is 0 Å². The summed E-state index contributed by atoms with van der Waals surface area (Å²) in [5.41, 5.74) is -0.215. The molecule has 1 aliphatic rings. The van der Waals surface area contributed by atoms with Crippen molar-refractivity contribution < 1.29 is 39.5 Å². The number of alkyl halides is 4. The Balaban J connectivity index is 0.00000196. The Bertz CT molecular complexity index is 264. The molecule has 0 aromatic carbocycles. The van der Waals surface area contributed by atoms with Crippen molar-refractivity contribution in [3.63, 3.8) is 0 Å². The van der Waals surface area contributed by atoms with Gasteiger partial charge in [-0.2, -0.15) is 0 Å². The van der Waals surface area contributed by atoms with Gasteiger partial charge in [0.2, 0.25) is 0 Å². The zero-order chi connectivity index (χ0) is 11.3. The number of rotatable bonds is 2. The van der Waals surface area contributed by atoms with Gasteiger partial charge in [0.15, 0.2) is 0 Å². The molecule has 1 fully saturated rings. The average molecular weight is 480 g/mol. The van der Waals surface area contributed by atoms with Gasteiger partial charge in [-0.15, -0.1) is 0 Å². The van der Waals surface area contributed by atoms with Crippen LogP contribution in [0.25, 0.3) is 0 Å². The van der Waals surface area contributed by atoms with Crippen LogP contribution in [0.4, 0.5) is 0 Å². The first-order valence-corrected chi connectivity index (χ1v) is 7.31. The first kappa shape index (κ1) is 17.4. The molecule has 7 heteroatoms. The molecule has 1 aliphatic carbocycles. The van der Waals surface area contributed by atoms with Gasteiger partial charge in [0.05, 0.1) is 4.83 Å². The summed E-state index contributed by atoms with van der Waals surface area (Å²) in [4.78, 5) is 10.8. The monoisotopic (exact) mass is 476 g/mol. The number of hydrogen-bond acceptors (Lipinski definition) is 2. The summed E-state index contributed by atoms with van der Waals surface area (Å²) in [5.74, 6) is -1.31. The van der Waals surface area contributed by atoms with Crippen molar-refractivity contribution in [1.29, 1.82) is 0 Å². The quantitative estimate of drug-likeness (QED) is 0.400. The van der Waals surface area contributed by atoms with Crippen LogP contribution in [0.15, 0.2) is 0 Å². The predicted octanol–water partition coefficient (Wildman–Crippen LogP) is -0.386. The Hall–Kier alpha value is 2.39. The van der Waals surface area contributed by atoms with Crippen LogP contribution in [0, 0.1) is 17.3 Å². The van der Waals surface area contributed by atoms with E-state index >= 15 is 0 Å². The van der Waals surface area contributed by atoms with Crippen LogP contribution in [0.1, 0.15) is 13.8 Å². The molecular formula is C8H9Br4NaO2. The zero-order valence-corrected chi connectivity index (χ0v) is 16.9. The molecule has 3 unspecified atom stereocenters. The Labute approximate surface area is 145 Å². The van der Waals surface area contributed by atoms with Crippen LogP contribution in [-0.4, -0.2) is 12.9 Å². The minimum absolute atomic E-state index is 0. The van der Waals surface area contributed by atoms with Crippen molar-refractivity contribution in [3.8, 4) is 0 Å². The molecular weight excluding hydrogens is 471 g/mol. The molecule has 0 spiro atoms. The molecule has 15 heavy (non-hydrogen) atoms. The molecule has 0 N–H and O–H groups in total. The normalized spacial score (nSPS) is 30.3. The fraction of sp³-hybridized carbons (Fsp3) is 0.875. The second-order valence-electron chi connectivity index (χ2n) is 4.09. The van der Waals surface area contributed by atoms with E-state index in [9.17, 15) is 9.90 Å². The molecule has 1 saturated carbocycles. The van der Waals surface area contributed by atoms with Gasteiger partial charge in [0, 0.05) is 11.9 Å². The van der Waals surface area contributed by atoms with Crippen molar-refractivity contribution >= 4 is 69.7 Å². The van der Waals surface area contributed by atoms with Gasteiger partial charge in [-0.1, -0.05) is 77.6 Å². The standard InChI is InChI=1S/C8H10Br4O2.Na/c1-7(2)3(4(7)6(13)14)5(9)8(10,11)12;/h3-5H,1-2H3,(H,13,14);/q;+1/p-1. The van der Waals surface area contributed by atoms with Crippen LogP contribution < -0.4 is 34.7 Å². The van der Waals surface area contributed by atoms with E-state index in [1.807, 2.05) is 13.8 Å². The van der Waals surface area contributed by atoms with Gasteiger partial charge in [-0.05, 0) is 11.3 Å². The third kappa shape index (κ3) is 3.67. The fourth-order valence-corrected chi connectivity index (χ4v) is 3.72. The van der Waals surface area contributed by atoms with Gasteiger partial charge < -0.3 is 9.90 Å². The molecule has 0 radical (unpaired) electrons. The number of halogens is 4. The average Bonchev–Trinajstić information content (AvgIpc) is 2.49. The molecule has 0 aliphatic heterocycles. The van der Waals surface area contributed by atoms with Crippen molar-refractivity contribution in [1.82, 2.24) is 0 Å². The van der Waals surface area contributed by atoms with Gasteiger partial charge in [0.1, 0.15) is 2.14 Å². The summed E-state index contributed by atoms with van der Waals surface area (Å²) in [6.07, 6.45) is 0. The molecule has 2 nitrogen and oxygen atoms in total. The van der Waals surface area contributed by atoms with E-state index in [1.165, 1.54) is 0 Å². The number of carbonyl (C=O) groups is 1. The number of carboxylic acid groups (broad SMARTS) is 1. The minimum atomic E-state index is -0.971. The third-order valence-corrected chi connectivity index (χ3v) is 7.37. The Morgan fingerprint density at radius 1 is 1.40 bits per heavy atom. The predicted molar refractivity (Wildman–Crippen MR) is 68.0 cm³/mol. The number of hydrogen-bond donors (Lipinski definition) is 0. The van der Waals surface area contributed by atoms with Crippen LogP contribution in [-0.2, 0) is 4.79 Å². The second-order valence-corrected chi connectivity index (χ2v) is 12.0. The number of carbonyl (C=O) groups excluding carboxylic acids is 1. The molecule has 0 amide bonds. The maximum absolute atomic E-state index is 10.8. The maximum Gasteiger partial charge on any atom is 1.00 e. The van der Waals surface area contributed by atoms with Crippen LogP contribution >= 0.6 is 63.7 Å². The van der Waals surface area contributed by atoms with E-state index in [0.29, 0.717) is 0 Å². The molecule has 0 heterocycles. The summed E-state index contributed by atoms with van der Waals surface area (Å²) in [6, 6.07) is 0. The summed E-state index contributed by atoms with van der Waals surface area (Å²) < 4.78 is -0.473. The van der Waals surface area contributed by atoms with Crippen LogP contribution in [0.5, 0.6) is 0 Å². The Morgan fingerprint density at radius 3 is 2.00 bits per heavy atom. The van der Waals surface area contributed by atoms with Crippen molar-refractivity contribution in [2.45, 2.75) is 20.8 Å². The fourth-order valence-electron chi connectivity index (χ4n) is 1.88. The summed E-state index contributed by atoms with van der Waals surface area (Å²) in [5, 5.41) is 10.8. The van der Waals surface area contributed by atoms with Gasteiger partial charge in [-0.3, -0.25) is 0 Å². The van der Waals surface area contributed by atoms with E-state index in [2.05, 4.69) is 63.7 Å². The third-order valence-electron chi connectivity index (χ3n) is 2.79. The first-order valence-electron chi connectivity index (χ1n) is 4.01. The zero-order valence-electron chi connectivity index (χ0n) is 8.56. The topological polar surface area (TPSA) is 40.1 Å². The molecule has 0 aromatic heterocycles. The van der Waals surface area contributed by atoms with E-state index in [4.69, 9.17) is 0 Å². The molecule has 0 saturated heterocycles. The Kier molecular flexibility index (Phi) is 6.46. The van der Waals surface area contributed by atoms with Gasteiger partial charge >= 0.3 is 29.6 Å². The molecule has 0 aromatic rings.